The highest BCUT2D eigenvalue weighted by molar-refractivity contribution is 6.35. The zero-order valence-corrected chi connectivity index (χ0v) is 14.7. The predicted molar refractivity (Wildman–Crippen MR) is 100 cm³/mol. The Morgan fingerprint density at radius 3 is 2.57 bits per heavy atom. The molecule has 1 N–H and O–H groups in total. The largest absolute Gasteiger partial charge is 0.289 e. The Bertz CT molecular complexity index is 1520. The van der Waals surface area contributed by atoms with Crippen LogP contribution in [0.2, 0.25) is 5.02 Å². The van der Waals surface area contributed by atoms with E-state index in [-0.39, 0.29) is 5.43 Å². The van der Waals surface area contributed by atoms with E-state index in [1.54, 1.807) is 46.0 Å². The molecule has 0 saturated heterocycles. The molecule has 0 atom stereocenters. The summed E-state index contributed by atoms with van der Waals surface area (Å²) in [5.41, 5.74) is 2.53. The lowest BCUT2D eigenvalue weighted by Crippen LogP contribution is -2.04. The second kappa shape index (κ2) is 6.32. The molecule has 0 spiro atoms. The summed E-state index contributed by atoms with van der Waals surface area (Å²) in [6.45, 7) is 0. The van der Waals surface area contributed by atoms with Crippen LogP contribution < -0.4 is 5.43 Å². The number of nitrogens with one attached hydrogen (secondary N) is 1. The van der Waals surface area contributed by atoms with Crippen molar-refractivity contribution in [3.8, 4) is 0 Å². The van der Waals surface area contributed by atoms with Crippen LogP contribution in [0.3, 0.4) is 0 Å². The van der Waals surface area contributed by atoms with E-state index in [1.165, 1.54) is 6.07 Å². The molecule has 6 aromatic heterocycles. The van der Waals surface area contributed by atoms with Gasteiger partial charge in [0.15, 0.2) is 16.7 Å². The van der Waals surface area contributed by atoms with Crippen LogP contribution in [-0.2, 0) is 0 Å². The van der Waals surface area contributed by atoms with Gasteiger partial charge in [-0.05, 0) is 22.6 Å². The van der Waals surface area contributed by atoms with Crippen molar-refractivity contribution in [2.45, 2.75) is 0 Å². The van der Waals surface area contributed by atoms with Crippen LogP contribution in [0.5, 0.6) is 0 Å². The zero-order chi connectivity index (χ0) is 19.1. The van der Waals surface area contributed by atoms with Crippen molar-refractivity contribution >= 4 is 44.7 Å². The number of hydrogen-bond donors (Lipinski definition) is 1. The second-order valence-electron chi connectivity index (χ2n) is 5.73. The van der Waals surface area contributed by atoms with Crippen molar-refractivity contribution in [2.24, 2.45) is 0 Å². The smallest absolute Gasteiger partial charge is 0.191 e. The van der Waals surface area contributed by atoms with Gasteiger partial charge < -0.3 is 0 Å². The third-order valence-corrected chi connectivity index (χ3v) is 4.44. The number of fused-ring (bicyclic) bond motifs is 6. The molecular formula is C16H9ClN10O. The minimum Gasteiger partial charge on any atom is -0.289 e. The van der Waals surface area contributed by atoms with E-state index in [0.29, 0.717) is 27.2 Å². The third-order valence-electron chi connectivity index (χ3n) is 4.13. The normalized spacial score (nSPS) is 11.2. The van der Waals surface area contributed by atoms with E-state index in [1.807, 2.05) is 6.07 Å². The van der Waals surface area contributed by atoms with Gasteiger partial charge in [-0.2, -0.15) is 9.73 Å². The highest BCUT2D eigenvalue weighted by Crippen LogP contribution is 2.23. The van der Waals surface area contributed by atoms with E-state index in [4.69, 9.17) is 11.6 Å². The number of tetrazole rings is 2. The number of pyridine rings is 4. The molecule has 0 amide bonds. The maximum absolute atomic E-state index is 11.6. The molecule has 0 saturated carbocycles. The van der Waals surface area contributed by atoms with E-state index < -0.39 is 0 Å². The van der Waals surface area contributed by atoms with Gasteiger partial charge in [0.25, 0.3) is 0 Å². The van der Waals surface area contributed by atoms with Gasteiger partial charge in [0.05, 0.1) is 33.8 Å². The number of rotatable bonds is 0. The molecule has 6 aromatic rings. The Hall–Kier alpha value is -3.99. The molecule has 0 aromatic carbocycles. The van der Waals surface area contributed by atoms with Crippen LogP contribution in [0.15, 0.2) is 53.8 Å². The lowest BCUT2D eigenvalue weighted by molar-refractivity contribution is 0.840. The average Bonchev–Trinajstić information content (AvgIpc) is 3.38. The minimum absolute atomic E-state index is 0.0729. The molecule has 28 heavy (non-hydrogen) atoms. The first kappa shape index (κ1) is 16.2. The van der Waals surface area contributed by atoms with Crippen LogP contribution in [0, 0.1) is 0 Å². The quantitative estimate of drug-likeness (QED) is 0.409. The second-order valence-corrected chi connectivity index (χ2v) is 6.14. The van der Waals surface area contributed by atoms with E-state index in [2.05, 4.69) is 41.0 Å². The molecule has 0 fully saturated rings. The Kier molecular flexibility index (Phi) is 3.66. The van der Waals surface area contributed by atoms with Gasteiger partial charge in [-0.3, -0.25) is 14.8 Å². The highest BCUT2D eigenvalue weighted by Gasteiger charge is 2.06. The zero-order valence-electron chi connectivity index (χ0n) is 13.9. The molecule has 136 valence electrons. The van der Waals surface area contributed by atoms with Crippen LogP contribution in [0.4, 0.5) is 0 Å². The summed E-state index contributed by atoms with van der Waals surface area (Å²) in [5, 5.41) is 23.4. The predicted octanol–water partition coefficient (Wildman–Crippen LogP) is 1.29. The average molecular weight is 393 g/mol. The number of aromatic amines is 1. The summed E-state index contributed by atoms with van der Waals surface area (Å²) < 4.78 is 3.22. The molecule has 0 aliphatic carbocycles. The van der Waals surface area contributed by atoms with E-state index in [0.717, 1.165) is 10.9 Å². The fourth-order valence-electron chi connectivity index (χ4n) is 2.86. The first-order chi connectivity index (χ1) is 13.7. The van der Waals surface area contributed by atoms with Crippen molar-refractivity contribution in [1.29, 1.82) is 0 Å². The molecule has 0 aliphatic heterocycles. The summed E-state index contributed by atoms with van der Waals surface area (Å²) in [6.07, 6.45) is 6.55. The first-order valence-electron chi connectivity index (χ1n) is 7.99. The Labute approximate surface area is 159 Å². The fourth-order valence-corrected chi connectivity index (χ4v) is 3.11. The molecule has 6 rings (SSSR count). The van der Waals surface area contributed by atoms with Crippen LogP contribution in [0.1, 0.15) is 0 Å². The van der Waals surface area contributed by atoms with Crippen molar-refractivity contribution in [3.05, 3.63) is 64.3 Å². The molecule has 0 bridgehead atoms. The van der Waals surface area contributed by atoms with Gasteiger partial charge in [-0.1, -0.05) is 16.8 Å². The Morgan fingerprint density at radius 1 is 0.929 bits per heavy atom. The molecular weight excluding hydrogens is 384 g/mol. The summed E-state index contributed by atoms with van der Waals surface area (Å²) in [4.78, 5) is 19.5. The van der Waals surface area contributed by atoms with Gasteiger partial charge in [0, 0.05) is 29.9 Å². The van der Waals surface area contributed by atoms with Gasteiger partial charge in [-0.15, -0.1) is 10.2 Å². The van der Waals surface area contributed by atoms with Gasteiger partial charge in [0.2, 0.25) is 0 Å². The minimum atomic E-state index is -0.0729. The molecule has 6 heterocycles. The first-order valence-corrected chi connectivity index (χ1v) is 8.37. The van der Waals surface area contributed by atoms with Crippen LogP contribution >= 0.6 is 11.6 Å². The number of hydrogen-bond acceptors (Lipinski definition) is 8. The van der Waals surface area contributed by atoms with Crippen molar-refractivity contribution < 1.29 is 0 Å². The molecule has 0 unspecified atom stereocenters. The number of aromatic nitrogens is 10. The lowest BCUT2D eigenvalue weighted by Gasteiger charge is -2.00. The standard InChI is InChI=1S/C8H4ClN5.C8H5N5O/c9-6-3-8-11-12-13-14(8)7-4-10-2-1-5(6)7;14-7-3-8-10-11-12-13(8)6-4-9-2-1-5(6)7/h1-4H;1-4H,(H,10,12). The Morgan fingerprint density at radius 2 is 1.71 bits per heavy atom. The summed E-state index contributed by atoms with van der Waals surface area (Å²) in [7, 11) is 0. The van der Waals surface area contributed by atoms with Crippen molar-refractivity contribution in [1.82, 2.24) is 50.0 Å². The summed E-state index contributed by atoms with van der Waals surface area (Å²) >= 11 is 6.06. The van der Waals surface area contributed by atoms with Crippen LogP contribution in [-0.4, -0.2) is 50.0 Å². The van der Waals surface area contributed by atoms with Gasteiger partial charge in [0.1, 0.15) is 0 Å². The number of halogens is 1. The molecule has 0 radical (unpaired) electrons. The molecule has 11 nitrogen and oxygen atoms in total. The number of nitrogens with zero attached hydrogens (tertiary/aromatic N) is 9. The lowest BCUT2D eigenvalue weighted by atomic mass is 10.2. The maximum Gasteiger partial charge on any atom is 0.191 e. The SMILES string of the molecule is Clc1cc2nnnn2c2cnccc12.O=c1cc2nn[nH]n2c2cnccc12. The third kappa shape index (κ3) is 2.53. The maximum atomic E-state index is 11.6. The topological polar surface area (TPSA) is 132 Å². The Balaban J connectivity index is 0.000000122. The molecule has 0 aliphatic rings. The number of H-pyrrole nitrogens is 1. The van der Waals surface area contributed by atoms with Crippen molar-refractivity contribution in [3.63, 3.8) is 0 Å². The summed E-state index contributed by atoms with van der Waals surface area (Å²) in [5.74, 6) is 0. The highest BCUT2D eigenvalue weighted by atomic mass is 35.5. The molecule has 12 heteroatoms. The van der Waals surface area contributed by atoms with Crippen LogP contribution in [0.25, 0.3) is 33.1 Å². The van der Waals surface area contributed by atoms with E-state index >= 15 is 0 Å². The fraction of sp³-hybridized carbons (Fsp3) is 0. The monoisotopic (exact) mass is 392 g/mol. The van der Waals surface area contributed by atoms with Gasteiger partial charge in [-0.25, -0.2) is 4.52 Å². The summed E-state index contributed by atoms with van der Waals surface area (Å²) in [6, 6.07) is 6.67. The van der Waals surface area contributed by atoms with E-state index in [9.17, 15) is 4.79 Å². The van der Waals surface area contributed by atoms with Crippen molar-refractivity contribution in [2.75, 3.05) is 0 Å². The van der Waals surface area contributed by atoms with Gasteiger partial charge >= 0.3 is 0 Å².